The fraction of sp³-hybridized carbons (Fsp3) is 0.349. The van der Waals surface area contributed by atoms with E-state index in [2.05, 4.69) is 73.2 Å². The van der Waals surface area contributed by atoms with Gasteiger partial charge >= 0.3 is 18.0 Å². The van der Waals surface area contributed by atoms with Crippen LogP contribution in [0.1, 0.15) is 124 Å². The molecule has 4 rings (SSSR count). The normalized spacial score (nSPS) is 11.2. The van der Waals surface area contributed by atoms with Gasteiger partial charge in [0.15, 0.2) is 5.78 Å². The first-order chi connectivity index (χ1) is 24.4. The molecule has 0 aliphatic rings. The molecule has 0 bridgehead atoms. The molecule has 4 N–H and O–H groups in total. The first-order valence-corrected chi connectivity index (χ1v) is 17.7. The van der Waals surface area contributed by atoms with Crippen LogP contribution in [0.5, 0.6) is 0 Å². The van der Waals surface area contributed by atoms with E-state index in [4.69, 9.17) is 4.74 Å². The number of urea groups is 2. The van der Waals surface area contributed by atoms with Crippen LogP contribution in [0.4, 0.5) is 21.0 Å². The number of amides is 4. The van der Waals surface area contributed by atoms with Gasteiger partial charge in [-0.05, 0) is 106 Å². The van der Waals surface area contributed by atoms with Crippen molar-refractivity contribution in [2.75, 3.05) is 17.2 Å². The Bertz CT molecular complexity index is 1860. The van der Waals surface area contributed by atoms with Crippen molar-refractivity contribution in [1.82, 2.24) is 10.6 Å². The third kappa shape index (κ3) is 12.1. The number of carbonyl (C=O) groups is 4. The van der Waals surface area contributed by atoms with Crippen molar-refractivity contribution < 1.29 is 23.9 Å². The average Bonchev–Trinajstić information content (AvgIpc) is 3.08. The summed E-state index contributed by atoms with van der Waals surface area (Å²) in [5.74, 6) is 0.404. The Morgan fingerprint density at radius 2 is 1.00 bits per heavy atom. The van der Waals surface area contributed by atoms with Crippen LogP contribution in [0.15, 0.2) is 97.1 Å². The lowest BCUT2D eigenvalue weighted by molar-refractivity contribution is 0.0526. The van der Waals surface area contributed by atoms with Crippen LogP contribution in [0.3, 0.4) is 0 Å². The zero-order chi connectivity index (χ0) is 38.6. The zero-order valence-corrected chi connectivity index (χ0v) is 32.1. The van der Waals surface area contributed by atoms with Gasteiger partial charge in [-0.2, -0.15) is 0 Å². The van der Waals surface area contributed by atoms with Crippen LogP contribution in [0, 0.1) is 0 Å². The van der Waals surface area contributed by atoms with Crippen molar-refractivity contribution in [2.24, 2.45) is 0 Å². The van der Waals surface area contributed by atoms with E-state index >= 15 is 0 Å². The second-order valence-corrected chi connectivity index (χ2v) is 14.4. The highest BCUT2D eigenvalue weighted by Crippen LogP contribution is 2.26. The summed E-state index contributed by atoms with van der Waals surface area (Å²) >= 11 is 0. The molecule has 0 atom stereocenters. The van der Waals surface area contributed by atoms with Crippen molar-refractivity contribution >= 4 is 35.2 Å². The highest BCUT2D eigenvalue weighted by Gasteiger charge is 2.25. The van der Waals surface area contributed by atoms with Gasteiger partial charge in [-0.15, -0.1) is 0 Å². The number of ketones is 1. The van der Waals surface area contributed by atoms with Crippen molar-refractivity contribution in [3.05, 3.63) is 130 Å². The smallest absolute Gasteiger partial charge is 0.338 e. The molecule has 0 aliphatic carbocycles. The number of carbonyl (C=O) groups excluding carboxylic acids is 4. The van der Waals surface area contributed by atoms with E-state index in [-0.39, 0.29) is 17.8 Å². The van der Waals surface area contributed by atoms with E-state index in [1.54, 1.807) is 55.5 Å². The van der Waals surface area contributed by atoms with Crippen LogP contribution in [-0.2, 0) is 15.8 Å². The standard InChI is InChI=1S/C22H28N2O3.C21H26N2O2/c1-6-27-20(25)17-10-8-12-19(14-17)23-21(26)24-22(4,5)18-11-7-9-16(13-18)15(2)3;1-14(2)16-8-6-10-18(12-16)21(4,5)23-20(25)22-19-11-7-9-17(13-19)15(3)24/h7-15H,6H2,1-5H3,(H2,23,24,26);6-14H,1-5H3,(H2,22,23,25). The minimum atomic E-state index is -0.548. The summed E-state index contributed by atoms with van der Waals surface area (Å²) in [7, 11) is 0. The monoisotopic (exact) mass is 706 g/mol. The van der Waals surface area contributed by atoms with Crippen LogP contribution in [-0.4, -0.2) is 30.4 Å². The minimum absolute atomic E-state index is 0.0325. The summed E-state index contributed by atoms with van der Waals surface area (Å²) < 4.78 is 4.99. The number of hydrogen-bond acceptors (Lipinski definition) is 5. The van der Waals surface area contributed by atoms with Gasteiger partial charge in [0.1, 0.15) is 0 Å². The first-order valence-electron chi connectivity index (χ1n) is 17.7. The molecular formula is C43H54N4O5. The fourth-order valence-electron chi connectivity index (χ4n) is 5.36. The van der Waals surface area contributed by atoms with Crippen molar-refractivity contribution in [3.63, 3.8) is 0 Å². The number of hydrogen-bond donors (Lipinski definition) is 4. The SMILES string of the molecule is CC(=O)c1cccc(NC(=O)NC(C)(C)c2cccc(C(C)C)c2)c1.CCOC(=O)c1cccc(NC(=O)NC(C)(C)c2cccc(C(C)C)c2)c1. The molecule has 0 heterocycles. The van der Waals surface area contributed by atoms with E-state index in [1.807, 2.05) is 52.0 Å². The maximum Gasteiger partial charge on any atom is 0.338 e. The largest absolute Gasteiger partial charge is 0.462 e. The van der Waals surface area contributed by atoms with Crippen molar-refractivity contribution in [2.45, 2.75) is 92.2 Å². The van der Waals surface area contributed by atoms with E-state index in [0.717, 1.165) is 11.1 Å². The van der Waals surface area contributed by atoms with Crippen LogP contribution >= 0.6 is 0 Å². The summed E-state index contributed by atoms with van der Waals surface area (Å²) in [6.45, 7) is 20.0. The van der Waals surface area contributed by atoms with Gasteiger partial charge in [0.05, 0.1) is 23.2 Å². The minimum Gasteiger partial charge on any atom is -0.462 e. The predicted octanol–water partition coefficient (Wildman–Crippen LogP) is 10.1. The zero-order valence-electron chi connectivity index (χ0n) is 32.1. The molecule has 4 amide bonds. The lowest BCUT2D eigenvalue weighted by Gasteiger charge is -2.28. The summed E-state index contributed by atoms with van der Waals surface area (Å²) in [5, 5.41) is 11.6. The Morgan fingerprint density at radius 3 is 1.40 bits per heavy atom. The number of ether oxygens (including phenoxy) is 1. The van der Waals surface area contributed by atoms with Gasteiger partial charge in [0.25, 0.3) is 0 Å². The molecule has 0 saturated heterocycles. The highest BCUT2D eigenvalue weighted by atomic mass is 16.5. The Hall–Kier alpha value is -5.44. The molecule has 52 heavy (non-hydrogen) atoms. The number of nitrogens with one attached hydrogen (secondary N) is 4. The summed E-state index contributed by atoms with van der Waals surface area (Å²) in [4.78, 5) is 48.2. The van der Waals surface area contributed by atoms with E-state index in [0.29, 0.717) is 40.9 Å². The summed E-state index contributed by atoms with van der Waals surface area (Å²) in [6.07, 6.45) is 0. The maximum absolute atomic E-state index is 12.5. The molecule has 0 saturated carbocycles. The molecule has 276 valence electrons. The molecule has 9 nitrogen and oxygen atoms in total. The Morgan fingerprint density at radius 1 is 0.596 bits per heavy atom. The molecule has 4 aromatic rings. The highest BCUT2D eigenvalue weighted by molar-refractivity contribution is 5.97. The van der Waals surface area contributed by atoms with Crippen LogP contribution in [0.2, 0.25) is 0 Å². The lowest BCUT2D eigenvalue weighted by Crippen LogP contribution is -2.43. The average molecular weight is 707 g/mol. The van der Waals surface area contributed by atoms with E-state index in [9.17, 15) is 19.2 Å². The summed E-state index contributed by atoms with van der Waals surface area (Å²) in [6, 6.07) is 29.4. The van der Waals surface area contributed by atoms with Gasteiger partial charge in [0, 0.05) is 16.9 Å². The van der Waals surface area contributed by atoms with Gasteiger partial charge in [-0.25, -0.2) is 14.4 Å². The van der Waals surface area contributed by atoms with Crippen molar-refractivity contribution in [3.8, 4) is 0 Å². The third-order valence-corrected chi connectivity index (χ3v) is 8.56. The topological polar surface area (TPSA) is 126 Å². The molecule has 0 spiro atoms. The first kappa shape index (κ1) is 41.0. The fourth-order valence-corrected chi connectivity index (χ4v) is 5.36. The molecule has 0 unspecified atom stereocenters. The Balaban J connectivity index is 0.000000281. The second kappa shape index (κ2) is 18.2. The second-order valence-electron chi connectivity index (χ2n) is 14.4. The molecule has 0 aliphatic heterocycles. The Labute approximate surface area is 309 Å². The van der Waals surface area contributed by atoms with E-state index in [1.165, 1.54) is 18.1 Å². The molecule has 4 aromatic carbocycles. The predicted molar refractivity (Wildman–Crippen MR) is 210 cm³/mol. The molecule has 0 aromatic heterocycles. The third-order valence-electron chi connectivity index (χ3n) is 8.56. The Kier molecular flexibility index (Phi) is 14.3. The van der Waals surface area contributed by atoms with E-state index < -0.39 is 17.0 Å². The maximum atomic E-state index is 12.5. The van der Waals surface area contributed by atoms with Crippen LogP contribution < -0.4 is 21.3 Å². The number of anilines is 2. The number of esters is 1. The number of rotatable bonds is 11. The van der Waals surface area contributed by atoms with Crippen LogP contribution in [0.25, 0.3) is 0 Å². The molecular weight excluding hydrogens is 652 g/mol. The van der Waals surface area contributed by atoms with Crippen molar-refractivity contribution in [1.29, 1.82) is 0 Å². The van der Waals surface area contributed by atoms with Gasteiger partial charge in [-0.3, -0.25) is 4.79 Å². The number of Topliss-reactive ketones (excluding diaryl/α,β-unsaturated/α-hetero) is 1. The molecule has 9 heteroatoms. The molecule has 0 radical (unpaired) electrons. The van der Waals surface area contributed by atoms with Gasteiger partial charge in [-0.1, -0.05) is 94.4 Å². The summed E-state index contributed by atoms with van der Waals surface area (Å²) in [5.41, 5.74) is 5.57. The molecule has 0 fully saturated rings. The number of benzene rings is 4. The van der Waals surface area contributed by atoms with Gasteiger partial charge in [0.2, 0.25) is 0 Å². The lowest BCUT2D eigenvalue weighted by atomic mass is 9.90. The quantitative estimate of drug-likeness (QED) is 0.0913. The van der Waals surface area contributed by atoms with Gasteiger partial charge < -0.3 is 26.0 Å².